The van der Waals surface area contributed by atoms with Crippen molar-refractivity contribution in [2.24, 2.45) is 11.3 Å². The van der Waals surface area contributed by atoms with E-state index in [1.54, 1.807) is 11.0 Å². The molecule has 33 heavy (non-hydrogen) atoms. The van der Waals surface area contributed by atoms with Gasteiger partial charge >= 0.3 is 0 Å². The zero-order valence-electron chi connectivity index (χ0n) is 22.0. The molecular weight excluding hydrogens is 410 g/mol. The Hall–Kier alpha value is -2.04. The minimum Gasteiger partial charge on any atom is -0.344 e. The summed E-state index contributed by atoms with van der Waals surface area (Å²) in [4.78, 5) is 31.7. The number of hydrogen-bond donors (Lipinski definition) is 0. The van der Waals surface area contributed by atoms with E-state index in [1.165, 1.54) is 36.8 Å². The van der Waals surface area contributed by atoms with Crippen LogP contribution < -0.4 is 0 Å². The van der Waals surface area contributed by atoms with Gasteiger partial charge in [0.05, 0.1) is 0 Å². The Morgan fingerprint density at radius 3 is 2.48 bits per heavy atom. The number of carbonyl (C=O) groups excluding carboxylic acids is 2. The summed E-state index contributed by atoms with van der Waals surface area (Å²) in [5.74, 6) is 0.469. The van der Waals surface area contributed by atoms with Crippen LogP contribution in [0.5, 0.6) is 0 Å². The molecular formula is C28H45N3O2. The number of piperazine rings is 1. The molecule has 2 heterocycles. The van der Waals surface area contributed by atoms with E-state index < -0.39 is 0 Å². The highest BCUT2D eigenvalue weighted by molar-refractivity contribution is 6.02. The molecule has 184 valence electrons. The minimum atomic E-state index is -0.0477. The van der Waals surface area contributed by atoms with Gasteiger partial charge < -0.3 is 14.7 Å². The average molecular weight is 456 g/mol. The third-order valence-corrected chi connectivity index (χ3v) is 8.39. The van der Waals surface area contributed by atoms with Crippen LogP contribution in [0.3, 0.4) is 0 Å². The molecule has 3 aliphatic rings. The summed E-state index contributed by atoms with van der Waals surface area (Å²) in [6.07, 6.45) is 15.4. The van der Waals surface area contributed by atoms with E-state index in [9.17, 15) is 9.59 Å². The van der Waals surface area contributed by atoms with Crippen molar-refractivity contribution in [1.82, 2.24) is 14.7 Å². The molecule has 0 aromatic rings. The first-order chi connectivity index (χ1) is 15.6. The van der Waals surface area contributed by atoms with Crippen molar-refractivity contribution >= 4 is 11.8 Å². The summed E-state index contributed by atoms with van der Waals surface area (Å²) in [5.41, 5.74) is 3.77. The van der Waals surface area contributed by atoms with Gasteiger partial charge in [-0.3, -0.25) is 9.59 Å². The second-order valence-electron chi connectivity index (χ2n) is 11.0. The zero-order chi connectivity index (χ0) is 24.3. The molecule has 0 bridgehead atoms. The lowest BCUT2D eigenvalue weighted by molar-refractivity contribution is -0.144. The Morgan fingerprint density at radius 2 is 1.88 bits per heavy atom. The molecule has 0 radical (unpaired) electrons. The van der Waals surface area contributed by atoms with Gasteiger partial charge in [0, 0.05) is 32.8 Å². The van der Waals surface area contributed by atoms with Crippen LogP contribution in [0.1, 0.15) is 86.0 Å². The molecule has 3 atom stereocenters. The van der Waals surface area contributed by atoms with Crippen LogP contribution in [-0.2, 0) is 9.59 Å². The van der Waals surface area contributed by atoms with Gasteiger partial charge in [-0.2, -0.15) is 0 Å². The number of hydrogen-bond acceptors (Lipinski definition) is 3. The Bertz CT molecular complexity index is 834. The van der Waals surface area contributed by atoms with Crippen LogP contribution in [0.15, 0.2) is 35.1 Å². The summed E-state index contributed by atoms with van der Waals surface area (Å²) >= 11 is 0. The summed E-state index contributed by atoms with van der Waals surface area (Å²) in [7, 11) is 3.75. The molecule has 5 nitrogen and oxygen atoms in total. The fraction of sp³-hybridized carbons (Fsp3) is 0.714. The number of rotatable bonds is 8. The van der Waals surface area contributed by atoms with Crippen molar-refractivity contribution in [1.29, 1.82) is 0 Å². The lowest BCUT2D eigenvalue weighted by Gasteiger charge is -2.51. The van der Waals surface area contributed by atoms with Crippen molar-refractivity contribution in [2.75, 3.05) is 20.6 Å². The summed E-state index contributed by atoms with van der Waals surface area (Å²) < 4.78 is 0. The van der Waals surface area contributed by atoms with Crippen molar-refractivity contribution in [2.45, 2.75) is 98.2 Å². The summed E-state index contributed by atoms with van der Waals surface area (Å²) in [6.45, 7) is 11.8. The van der Waals surface area contributed by atoms with Gasteiger partial charge in [-0.1, -0.05) is 50.0 Å². The summed E-state index contributed by atoms with van der Waals surface area (Å²) in [5, 5.41) is 0. The molecule has 0 aromatic carbocycles. The van der Waals surface area contributed by atoms with E-state index in [2.05, 4.69) is 51.7 Å². The standard InChI is InChI=1S/C28H45N3O2/c1-8-20(3)14-21(4)15-23(9-2)17-28(12-10-11-13-28)18-25-30(7)26(32)16-24-27(33)29(6)22(5)19-31(24)25/h9,14,16,21-22,25H,8,10-13,15,17-19H2,1-7H3/b20-14+,23-9+. The lowest BCUT2D eigenvalue weighted by Crippen LogP contribution is -2.62. The highest BCUT2D eigenvalue weighted by atomic mass is 16.2. The van der Waals surface area contributed by atoms with Crippen molar-refractivity contribution in [3.05, 3.63) is 35.1 Å². The highest BCUT2D eigenvalue weighted by Crippen LogP contribution is 2.49. The molecule has 0 N–H and O–H groups in total. The first-order valence-electron chi connectivity index (χ1n) is 12.9. The van der Waals surface area contributed by atoms with E-state index in [1.807, 2.05) is 19.0 Å². The van der Waals surface area contributed by atoms with E-state index in [0.29, 0.717) is 11.6 Å². The van der Waals surface area contributed by atoms with Crippen LogP contribution >= 0.6 is 0 Å². The molecule has 5 heteroatoms. The number of carbonyl (C=O) groups is 2. The molecule has 3 unspecified atom stereocenters. The third-order valence-electron chi connectivity index (χ3n) is 8.39. The maximum atomic E-state index is 13.0. The highest BCUT2D eigenvalue weighted by Gasteiger charge is 2.46. The minimum absolute atomic E-state index is 0.0262. The molecule has 2 amide bonds. The Labute approximate surface area is 201 Å². The largest absolute Gasteiger partial charge is 0.344 e. The quantitative estimate of drug-likeness (QED) is 0.454. The topological polar surface area (TPSA) is 43.9 Å². The monoisotopic (exact) mass is 455 g/mol. The second-order valence-corrected chi connectivity index (χ2v) is 11.0. The van der Waals surface area contributed by atoms with Gasteiger partial charge in [0.15, 0.2) is 0 Å². The Balaban J connectivity index is 1.82. The van der Waals surface area contributed by atoms with Crippen LogP contribution in [0, 0.1) is 11.3 Å². The second kappa shape index (κ2) is 10.5. The first kappa shape index (κ1) is 25.6. The molecule has 0 aromatic heterocycles. The Kier molecular flexibility index (Phi) is 8.13. The molecule has 3 rings (SSSR count). The molecule has 2 aliphatic heterocycles. The van der Waals surface area contributed by atoms with E-state index in [0.717, 1.165) is 32.2 Å². The van der Waals surface area contributed by atoms with Gasteiger partial charge in [0.25, 0.3) is 5.91 Å². The fourth-order valence-corrected chi connectivity index (χ4v) is 6.07. The van der Waals surface area contributed by atoms with E-state index in [-0.39, 0.29) is 29.4 Å². The van der Waals surface area contributed by atoms with Gasteiger partial charge in [0.2, 0.25) is 5.91 Å². The normalized spacial score (nSPS) is 27.1. The smallest absolute Gasteiger partial charge is 0.270 e. The van der Waals surface area contributed by atoms with Crippen molar-refractivity contribution in [3.8, 4) is 0 Å². The van der Waals surface area contributed by atoms with E-state index >= 15 is 0 Å². The number of fused-ring (bicyclic) bond motifs is 1. The predicted molar refractivity (Wildman–Crippen MR) is 135 cm³/mol. The first-order valence-corrected chi connectivity index (χ1v) is 12.9. The van der Waals surface area contributed by atoms with Gasteiger partial charge in [-0.25, -0.2) is 0 Å². The van der Waals surface area contributed by atoms with Crippen LogP contribution in [-0.4, -0.2) is 59.4 Å². The lowest BCUT2D eigenvalue weighted by atomic mass is 9.74. The van der Waals surface area contributed by atoms with Gasteiger partial charge in [-0.15, -0.1) is 0 Å². The van der Waals surface area contributed by atoms with Gasteiger partial charge in [-0.05, 0) is 70.6 Å². The molecule has 2 fully saturated rings. The fourth-order valence-electron chi connectivity index (χ4n) is 6.07. The summed E-state index contributed by atoms with van der Waals surface area (Å²) in [6, 6.07) is 0.138. The van der Waals surface area contributed by atoms with Crippen molar-refractivity contribution < 1.29 is 9.59 Å². The third kappa shape index (κ3) is 5.55. The SMILES string of the molecule is C/C=C(\CC(C)/C=C(\C)CC)CC1(CC2N(C)C(=O)C=C3C(=O)N(C)C(C)CN32)CCCC1. The maximum Gasteiger partial charge on any atom is 0.270 e. The molecule has 1 saturated carbocycles. The number of amides is 2. The molecule has 0 spiro atoms. The number of nitrogens with zero attached hydrogens (tertiary/aromatic N) is 3. The maximum absolute atomic E-state index is 13.0. The molecule has 1 aliphatic carbocycles. The predicted octanol–water partition coefficient (Wildman–Crippen LogP) is 5.50. The van der Waals surface area contributed by atoms with Crippen LogP contribution in [0.2, 0.25) is 0 Å². The average Bonchev–Trinajstić information content (AvgIpc) is 3.24. The number of likely N-dealkylation sites (N-methyl/N-ethyl adjacent to an activating group) is 2. The number of allylic oxidation sites excluding steroid dienone is 4. The van der Waals surface area contributed by atoms with Crippen molar-refractivity contribution in [3.63, 3.8) is 0 Å². The van der Waals surface area contributed by atoms with Gasteiger partial charge in [0.1, 0.15) is 11.9 Å². The van der Waals surface area contributed by atoms with E-state index in [4.69, 9.17) is 0 Å². The van der Waals surface area contributed by atoms with Crippen LogP contribution in [0.4, 0.5) is 0 Å². The Morgan fingerprint density at radius 1 is 1.21 bits per heavy atom. The van der Waals surface area contributed by atoms with Crippen LogP contribution in [0.25, 0.3) is 0 Å². The zero-order valence-corrected chi connectivity index (χ0v) is 22.0. The molecule has 1 saturated heterocycles.